The van der Waals surface area contributed by atoms with Crippen molar-refractivity contribution in [2.24, 2.45) is 0 Å². The van der Waals surface area contributed by atoms with E-state index in [1.165, 1.54) is 0 Å². The lowest BCUT2D eigenvalue weighted by atomic mass is 10.1. The lowest BCUT2D eigenvalue weighted by Crippen LogP contribution is -2.38. The van der Waals surface area contributed by atoms with Crippen LogP contribution < -0.4 is 5.73 Å². The molecule has 1 aliphatic rings. The molecular formula is C19H26N6O. The molecule has 3 heterocycles. The molecule has 0 spiro atoms. The zero-order valence-electron chi connectivity index (χ0n) is 15.4. The monoisotopic (exact) mass is 354 g/mol. The van der Waals surface area contributed by atoms with Crippen LogP contribution in [0.1, 0.15) is 25.5 Å². The minimum Gasteiger partial charge on any atom is -0.384 e. The van der Waals surface area contributed by atoms with Gasteiger partial charge in [-0.05, 0) is 24.1 Å². The summed E-state index contributed by atoms with van der Waals surface area (Å²) < 4.78 is 9.22. The minimum atomic E-state index is 0.349. The fourth-order valence-electron chi connectivity index (χ4n) is 3.27. The molecule has 0 amide bonds. The maximum Gasteiger partial charge on any atom is 0.127 e. The van der Waals surface area contributed by atoms with Crippen LogP contribution in [0.3, 0.4) is 0 Å². The highest BCUT2D eigenvalue weighted by Gasteiger charge is 2.12. The smallest absolute Gasteiger partial charge is 0.127 e. The van der Waals surface area contributed by atoms with E-state index in [4.69, 9.17) is 15.6 Å². The number of morpholine rings is 1. The van der Waals surface area contributed by atoms with E-state index in [1.54, 1.807) is 4.68 Å². The van der Waals surface area contributed by atoms with Gasteiger partial charge in [0.05, 0.1) is 36.7 Å². The second-order valence-corrected chi connectivity index (χ2v) is 7.15. The number of nitrogen functional groups attached to an aromatic ring is 1. The number of fused-ring (bicyclic) bond motifs is 1. The molecule has 0 bridgehead atoms. The van der Waals surface area contributed by atoms with Gasteiger partial charge in [0.1, 0.15) is 5.82 Å². The maximum absolute atomic E-state index is 6.15. The van der Waals surface area contributed by atoms with Gasteiger partial charge in [0.2, 0.25) is 0 Å². The maximum atomic E-state index is 6.15. The lowest BCUT2D eigenvalue weighted by Gasteiger charge is -2.26. The van der Waals surface area contributed by atoms with Crippen molar-refractivity contribution in [3.63, 3.8) is 0 Å². The molecular weight excluding hydrogens is 328 g/mol. The van der Waals surface area contributed by atoms with E-state index in [9.17, 15) is 0 Å². The Labute approximate surface area is 153 Å². The topological polar surface area (TPSA) is 74.1 Å². The van der Waals surface area contributed by atoms with Crippen molar-refractivity contribution in [2.45, 2.75) is 26.3 Å². The van der Waals surface area contributed by atoms with E-state index in [0.29, 0.717) is 11.7 Å². The van der Waals surface area contributed by atoms with Gasteiger partial charge in [0, 0.05) is 37.3 Å². The Morgan fingerprint density at radius 2 is 1.92 bits per heavy atom. The van der Waals surface area contributed by atoms with Crippen LogP contribution in [0.4, 0.5) is 5.82 Å². The first-order chi connectivity index (χ1) is 12.6. The number of nitrogens with zero attached hydrogens (tertiary/aromatic N) is 5. The lowest BCUT2D eigenvalue weighted by molar-refractivity contribution is 0.0360. The van der Waals surface area contributed by atoms with Gasteiger partial charge in [-0.2, -0.15) is 10.2 Å². The molecule has 2 aromatic heterocycles. The standard InChI is InChI=1S/C19H26N6O/c1-14(2)17-12-19(20)25(22-17)16-4-3-15-13-24(21-18(15)11-16)6-5-23-7-9-26-10-8-23/h3-4,11-14H,5-10,20H2,1-2H3. The molecule has 0 unspecified atom stereocenters. The molecule has 1 aliphatic heterocycles. The minimum absolute atomic E-state index is 0.349. The molecule has 0 aliphatic carbocycles. The quantitative estimate of drug-likeness (QED) is 0.761. The van der Waals surface area contributed by atoms with Crippen LogP contribution in [0.5, 0.6) is 0 Å². The Balaban J connectivity index is 1.54. The average Bonchev–Trinajstić information content (AvgIpc) is 3.23. The van der Waals surface area contributed by atoms with Gasteiger partial charge in [0.25, 0.3) is 0 Å². The summed E-state index contributed by atoms with van der Waals surface area (Å²) in [7, 11) is 0. The van der Waals surface area contributed by atoms with E-state index < -0.39 is 0 Å². The Bertz CT molecular complexity index is 891. The summed E-state index contributed by atoms with van der Waals surface area (Å²) in [5, 5.41) is 10.5. The van der Waals surface area contributed by atoms with Gasteiger partial charge in [-0.15, -0.1) is 0 Å². The second-order valence-electron chi connectivity index (χ2n) is 7.15. The van der Waals surface area contributed by atoms with Crippen LogP contribution in [0.25, 0.3) is 16.6 Å². The van der Waals surface area contributed by atoms with Crippen LogP contribution in [0.15, 0.2) is 30.5 Å². The Morgan fingerprint density at radius 1 is 1.12 bits per heavy atom. The van der Waals surface area contributed by atoms with E-state index >= 15 is 0 Å². The second kappa shape index (κ2) is 7.09. The van der Waals surface area contributed by atoms with Crippen molar-refractivity contribution in [2.75, 3.05) is 38.6 Å². The van der Waals surface area contributed by atoms with Gasteiger partial charge < -0.3 is 10.5 Å². The van der Waals surface area contributed by atoms with E-state index in [0.717, 1.165) is 61.7 Å². The zero-order valence-corrected chi connectivity index (χ0v) is 15.4. The first kappa shape index (κ1) is 17.1. The Morgan fingerprint density at radius 3 is 2.65 bits per heavy atom. The zero-order chi connectivity index (χ0) is 18.1. The van der Waals surface area contributed by atoms with Crippen LogP contribution in [0, 0.1) is 0 Å². The number of rotatable bonds is 5. The molecule has 0 saturated carbocycles. The third-order valence-electron chi connectivity index (χ3n) is 4.88. The van der Waals surface area contributed by atoms with Crippen molar-refractivity contribution in [1.29, 1.82) is 0 Å². The average molecular weight is 354 g/mol. The summed E-state index contributed by atoms with van der Waals surface area (Å²) in [5.41, 5.74) is 9.06. The largest absolute Gasteiger partial charge is 0.384 e. The van der Waals surface area contributed by atoms with Crippen LogP contribution in [0.2, 0.25) is 0 Å². The van der Waals surface area contributed by atoms with E-state index in [2.05, 4.69) is 36.1 Å². The number of hydrogen-bond acceptors (Lipinski definition) is 5. The summed E-state index contributed by atoms with van der Waals surface area (Å²) >= 11 is 0. The van der Waals surface area contributed by atoms with E-state index in [-0.39, 0.29) is 0 Å². The highest BCUT2D eigenvalue weighted by molar-refractivity contribution is 5.80. The van der Waals surface area contributed by atoms with Crippen molar-refractivity contribution in [1.82, 2.24) is 24.5 Å². The van der Waals surface area contributed by atoms with Gasteiger partial charge in [0.15, 0.2) is 0 Å². The van der Waals surface area contributed by atoms with Crippen molar-refractivity contribution < 1.29 is 4.74 Å². The molecule has 4 rings (SSSR count). The molecule has 0 radical (unpaired) electrons. The highest BCUT2D eigenvalue weighted by atomic mass is 16.5. The van der Waals surface area contributed by atoms with E-state index in [1.807, 2.05) is 22.9 Å². The van der Waals surface area contributed by atoms with Crippen molar-refractivity contribution in [3.8, 4) is 5.69 Å². The summed E-state index contributed by atoms with van der Waals surface area (Å²) in [6.07, 6.45) is 2.10. The number of hydrogen-bond donors (Lipinski definition) is 1. The predicted octanol–water partition coefficient (Wildman–Crippen LogP) is 2.26. The third kappa shape index (κ3) is 3.45. The number of ether oxygens (including phenoxy) is 1. The number of benzene rings is 1. The summed E-state index contributed by atoms with van der Waals surface area (Å²) in [4.78, 5) is 2.42. The molecule has 7 nitrogen and oxygen atoms in total. The fraction of sp³-hybridized carbons (Fsp3) is 0.474. The summed E-state index contributed by atoms with van der Waals surface area (Å²) in [6.45, 7) is 9.77. The molecule has 1 saturated heterocycles. The number of anilines is 1. The molecule has 7 heteroatoms. The van der Waals surface area contributed by atoms with Crippen molar-refractivity contribution in [3.05, 3.63) is 36.2 Å². The number of aromatic nitrogens is 4. The normalized spacial score (nSPS) is 16.0. The molecule has 2 N–H and O–H groups in total. The summed E-state index contributed by atoms with van der Waals surface area (Å²) in [5.74, 6) is 1.00. The molecule has 3 aromatic rings. The molecule has 0 atom stereocenters. The van der Waals surface area contributed by atoms with Crippen LogP contribution >= 0.6 is 0 Å². The van der Waals surface area contributed by atoms with Crippen molar-refractivity contribution >= 4 is 16.7 Å². The molecule has 1 aromatic carbocycles. The Kier molecular flexibility index (Phi) is 4.65. The SMILES string of the molecule is CC(C)c1cc(N)n(-c2ccc3cn(CCN4CCOCC4)nc3c2)n1. The van der Waals surface area contributed by atoms with Gasteiger partial charge in [-0.1, -0.05) is 13.8 Å². The highest BCUT2D eigenvalue weighted by Crippen LogP contribution is 2.22. The van der Waals surface area contributed by atoms with Gasteiger partial charge >= 0.3 is 0 Å². The van der Waals surface area contributed by atoms with Gasteiger partial charge in [-0.25, -0.2) is 4.68 Å². The van der Waals surface area contributed by atoms with Gasteiger partial charge in [-0.3, -0.25) is 9.58 Å². The molecule has 1 fully saturated rings. The molecule has 26 heavy (non-hydrogen) atoms. The third-order valence-corrected chi connectivity index (χ3v) is 4.88. The van der Waals surface area contributed by atoms with Crippen LogP contribution in [-0.2, 0) is 11.3 Å². The number of nitrogens with two attached hydrogens (primary N) is 1. The molecule has 138 valence electrons. The van der Waals surface area contributed by atoms with Crippen LogP contribution in [-0.4, -0.2) is 57.3 Å². The first-order valence-electron chi connectivity index (χ1n) is 9.23. The first-order valence-corrected chi connectivity index (χ1v) is 9.23. The predicted molar refractivity (Wildman–Crippen MR) is 103 cm³/mol. The summed E-state index contributed by atoms with van der Waals surface area (Å²) in [6, 6.07) is 8.12. The Hall–Kier alpha value is -2.38. The fourth-order valence-corrected chi connectivity index (χ4v) is 3.27.